The molecule has 0 aromatic heterocycles. The SMILES string of the molecule is Cc1ccc(C2CS(=O)(=O)C(C)CCN2)cc1C. The average molecular weight is 267 g/mol. The van der Waals surface area contributed by atoms with Crippen LogP contribution < -0.4 is 5.32 Å². The fourth-order valence-electron chi connectivity index (χ4n) is 2.29. The van der Waals surface area contributed by atoms with E-state index in [9.17, 15) is 8.42 Å². The van der Waals surface area contributed by atoms with Crippen LogP contribution in [0, 0.1) is 13.8 Å². The van der Waals surface area contributed by atoms with Gasteiger partial charge < -0.3 is 5.32 Å². The first-order chi connectivity index (χ1) is 8.40. The predicted molar refractivity (Wildman–Crippen MR) is 74.5 cm³/mol. The molecule has 1 N–H and O–H groups in total. The van der Waals surface area contributed by atoms with Crippen LogP contribution >= 0.6 is 0 Å². The van der Waals surface area contributed by atoms with Crippen LogP contribution in [-0.4, -0.2) is 26.0 Å². The van der Waals surface area contributed by atoms with Crippen molar-refractivity contribution in [3.05, 3.63) is 34.9 Å². The molecule has 0 bridgehead atoms. The Morgan fingerprint density at radius 2 is 1.94 bits per heavy atom. The molecule has 1 aromatic rings. The van der Waals surface area contributed by atoms with Crippen LogP contribution in [0.5, 0.6) is 0 Å². The summed E-state index contributed by atoms with van der Waals surface area (Å²) in [6, 6.07) is 6.12. The highest BCUT2D eigenvalue weighted by atomic mass is 32.2. The Balaban J connectivity index is 2.30. The van der Waals surface area contributed by atoms with Crippen molar-refractivity contribution in [1.82, 2.24) is 5.32 Å². The fourth-order valence-corrected chi connectivity index (χ4v) is 3.87. The molecule has 1 aromatic carbocycles. The summed E-state index contributed by atoms with van der Waals surface area (Å²) in [6.45, 7) is 6.70. The fraction of sp³-hybridized carbons (Fsp3) is 0.571. The molecule has 1 saturated heterocycles. The second-order valence-corrected chi connectivity index (χ2v) is 7.74. The summed E-state index contributed by atoms with van der Waals surface area (Å²) in [5.74, 6) is 0.205. The first-order valence-electron chi connectivity index (χ1n) is 6.42. The maximum atomic E-state index is 12.1. The van der Waals surface area contributed by atoms with Crippen LogP contribution in [0.3, 0.4) is 0 Å². The Labute approximate surface area is 110 Å². The molecule has 18 heavy (non-hydrogen) atoms. The van der Waals surface area contributed by atoms with Crippen molar-refractivity contribution in [3.63, 3.8) is 0 Å². The lowest BCUT2D eigenvalue weighted by Gasteiger charge is -2.17. The van der Waals surface area contributed by atoms with E-state index in [1.54, 1.807) is 6.92 Å². The number of sulfone groups is 1. The van der Waals surface area contributed by atoms with Gasteiger partial charge in [0.05, 0.1) is 11.0 Å². The lowest BCUT2D eigenvalue weighted by Crippen LogP contribution is -2.26. The van der Waals surface area contributed by atoms with Gasteiger partial charge in [0.2, 0.25) is 0 Å². The summed E-state index contributed by atoms with van der Waals surface area (Å²) in [4.78, 5) is 0. The van der Waals surface area contributed by atoms with E-state index in [1.165, 1.54) is 11.1 Å². The normalized spacial score (nSPS) is 27.7. The molecule has 0 aliphatic carbocycles. The number of aryl methyl sites for hydroxylation is 2. The summed E-state index contributed by atoms with van der Waals surface area (Å²) in [5.41, 5.74) is 3.53. The molecule has 0 spiro atoms. The van der Waals surface area contributed by atoms with Crippen LogP contribution in [-0.2, 0) is 9.84 Å². The molecule has 1 aliphatic rings. The topological polar surface area (TPSA) is 46.2 Å². The lowest BCUT2D eigenvalue weighted by atomic mass is 10.0. The number of nitrogens with one attached hydrogen (secondary N) is 1. The summed E-state index contributed by atoms with van der Waals surface area (Å²) in [5, 5.41) is 3.12. The molecule has 0 radical (unpaired) electrons. The molecule has 1 heterocycles. The monoisotopic (exact) mass is 267 g/mol. The van der Waals surface area contributed by atoms with Gasteiger partial charge in [0.25, 0.3) is 0 Å². The maximum Gasteiger partial charge on any atom is 0.154 e. The lowest BCUT2D eigenvalue weighted by molar-refractivity contribution is 0.571. The van der Waals surface area contributed by atoms with Gasteiger partial charge in [0.15, 0.2) is 9.84 Å². The Bertz CT molecular complexity index is 537. The smallest absolute Gasteiger partial charge is 0.154 e. The van der Waals surface area contributed by atoms with E-state index < -0.39 is 9.84 Å². The minimum Gasteiger partial charge on any atom is -0.309 e. The third-order valence-electron chi connectivity index (χ3n) is 3.89. The maximum absolute atomic E-state index is 12.1. The van der Waals surface area contributed by atoms with Gasteiger partial charge >= 0.3 is 0 Å². The van der Waals surface area contributed by atoms with Crippen molar-refractivity contribution in [3.8, 4) is 0 Å². The van der Waals surface area contributed by atoms with E-state index in [-0.39, 0.29) is 17.0 Å². The predicted octanol–water partition coefficient (Wildman–Crippen LogP) is 2.14. The van der Waals surface area contributed by atoms with E-state index in [4.69, 9.17) is 0 Å². The molecule has 1 fully saturated rings. The Hall–Kier alpha value is -0.870. The molecule has 2 unspecified atom stereocenters. The molecule has 2 atom stereocenters. The molecule has 0 amide bonds. The van der Waals surface area contributed by atoms with Crippen molar-refractivity contribution in [1.29, 1.82) is 0 Å². The Morgan fingerprint density at radius 1 is 1.22 bits per heavy atom. The number of hydrogen-bond donors (Lipinski definition) is 1. The van der Waals surface area contributed by atoms with E-state index in [0.29, 0.717) is 6.42 Å². The highest BCUT2D eigenvalue weighted by Gasteiger charge is 2.29. The van der Waals surface area contributed by atoms with Crippen molar-refractivity contribution in [2.75, 3.05) is 12.3 Å². The summed E-state index contributed by atoms with van der Waals surface area (Å²) in [7, 11) is -2.98. The average Bonchev–Trinajstić information content (AvgIpc) is 2.43. The molecule has 0 saturated carbocycles. The zero-order valence-corrected chi connectivity index (χ0v) is 12.0. The number of rotatable bonds is 1. The van der Waals surface area contributed by atoms with E-state index in [2.05, 4.69) is 31.3 Å². The van der Waals surface area contributed by atoms with Gasteiger partial charge in [-0.05, 0) is 50.4 Å². The quantitative estimate of drug-likeness (QED) is 0.848. The summed E-state index contributed by atoms with van der Waals surface area (Å²) >= 11 is 0. The van der Waals surface area contributed by atoms with Crippen LogP contribution in [0.2, 0.25) is 0 Å². The molecule has 3 nitrogen and oxygen atoms in total. The minimum atomic E-state index is -2.98. The largest absolute Gasteiger partial charge is 0.309 e. The van der Waals surface area contributed by atoms with Crippen molar-refractivity contribution in [2.24, 2.45) is 0 Å². The highest BCUT2D eigenvalue weighted by molar-refractivity contribution is 7.92. The molecule has 2 rings (SSSR count). The second kappa shape index (κ2) is 5.02. The van der Waals surface area contributed by atoms with Gasteiger partial charge in [0.1, 0.15) is 0 Å². The van der Waals surface area contributed by atoms with Crippen LogP contribution in [0.1, 0.15) is 36.1 Å². The van der Waals surface area contributed by atoms with Gasteiger partial charge in [-0.25, -0.2) is 8.42 Å². The summed E-state index contributed by atoms with van der Waals surface area (Å²) < 4.78 is 24.2. The van der Waals surface area contributed by atoms with Gasteiger partial charge in [0, 0.05) is 6.04 Å². The highest BCUT2D eigenvalue weighted by Crippen LogP contribution is 2.23. The minimum absolute atomic E-state index is 0.0701. The standard InChI is InChI=1S/C14H21NO2S/c1-10-4-5-13(8-11(10)2)14-9-18(16,17)12(3)6-7-15-14/h4-5,8,12,14-15H,6-7,9H2,1-3H3. The van der Waals surface area contributed by atoms with Gasteiger partial charge in [-0.1, -0.05) is 18.2 Å². The van der Waals surface area contributed by atoms with Gasteiger partial charge in [-0.3, -0.25) is 0 Å². The summed E-state index contributed by atoms with van der Waals surface area (Å²) in [6.07, 6.45) is 0.698. The Morgan fingerprint density at radius 3 is 2.61 bits per heavy atom. The zero-order chi connectivity index (χ0) is 13.3. The molecule has 4 heteroatoms. The van der Waals surface area contributed by atoms with Crippen LogP contribution in [0.4, 0.5) is 0 Å². The molecular formula is C14H21NO2S. The molecule has 1 aliphatic heterocycles. The number of benzene rings is 1. The van der Waals surface area contributed by atoms with Crippen LogP contribution in [0.15, 0.2) is 18.2 Å². The van der Waals surface area contributed by atoms with Crippen molar-refractivity contribution < 1.29 is 8.42 Å². The molecule has 100 valence electrons. The van der Waals surface area contributed by atoms with Crippen LogP contribution in [0.25, 0.3) is 0 Å². The third kappa shape index (κ3) is 2.75. The third-order valence-corrected chi connectivity index (χ3v) is 6.15. The molecular weight excluding hydrogens is 246 g/mol. The zero-order valence-electron chi connectivity index (χ0n) is 11.2. The van der Waals surface area contributed by atoms with E-state index in [0.717, 1.165) is 12.1 Å². The van der Waals surface area contributed by atoms with E-state index >= 15 is 0 Å². The van der Waals surface area contributed by atoms with E-state index in [1.807, 2.05) is 6.07 Å². The van der Waals surface area contributed by atoms with Gasteiger partial charge in [-0.2, -0.15) is 0 Å². The second-order valence-electron chi connectivity index (χ2n) is 5.28. The van der Waals surface area contributed by atoms with Crippen molar-refractivity contribution in [2.45, 2.75) is 38.5 Å². The Kier molecular flexibility index (Phi) is 3.78. The first kappa shape index (κ1) is 13.6. The number of hydrogen-bond acceptors (Lipinski definition) is 3. The van der Waals surface area contributed by atoms with Crippen molar-refractivity contribution >= 4 is 9.84 Å². The van der Waals surface area contributed by atoms with Gasteiger partial charge in [-0.15, -0.1) is 0 Å². The first-order valence-corrected chi connectivity index (χ1v) is 8.14.